The number of carbonyl (C=O) groups excluding carboxylic acids is 1. The van der Waals surface area contributed by atoms with E-state index in [9.17, 15) is 4.79 Å². The van der Waals surface area contributed by atoms with Crippen molar-refractivity contribution in [3.8, 4) is 10.7 Å². The molecule has 6 heteroatoms. The van der Waals surface area contributed by atoms with Gasteiger partial charge in [-0.05, 0) is 56.5 Å². The number of nitrogens with zero attached hydrogens (tertiary/aromatic N) is 2. The highest BCUT2D eigenvalue weighted by molar-refractivity contribution is 7.15. The van der Waals surface area contributed by atoms with Gasteiger partial charge in [0.25, 0.3) is 0 Å². The first kappa shape index (κ1) is 22.0. The van der Waals surface area contributed by atoms with Gasteiger partial charge in [-0.3, -0.25) is 4.79 Å². The molecule has 0 aliphatic heterocycles. The standard InChI is InChI=1S/C24H29N3O2S/c1-5-8-19-13-14-21(30-19)24-25-16(4)20(6-2)23(27-24)26-18-11-9-17(10-12-18)15-22(28)29-7-3/h9-14H,5-8,15H2,1-4H3,(H,25,26,27). The summed E-state index contributed by atoms with van der Waals surface area (Å²) in [5.41, 5.74) is 3.96. The maximum atomic E-state index is 11.7. The Hall–Kier alpha value is -2.73. The SMILES string of the molecule is CCCc1ccc(-c2nc(C)c(CC)c(Nc3ccc(CC(=O)OCC)cc3)n2)s1. The molecule has 3 rings (SSSR count). The van der Waals surface area contributed by atoms with Crippen molar-refractivity contribution in [2.45, 2.75) is 53.4 Å². The Labute approximate surface area is 182 Å². The van der Waals surface area contributed by atoms with Gasteiger partial charge in [0.1, 0.15) is 5.82 Å². The molecule has 158 valence electrons. The Morgan fingerprint density at radius 3 is 2.50 bits per heavy atom. The van der Waals surface area contributed by atoms with Crippen LogP contribution >= 0.6 is 11.3 Å². The molecule has 0 aliphatic carbocycles. The molecule has 3 aromatic rings. The minimum absolute atomic E-state index is 0.207. The number of aryl methyl sites for hydroxylation is 2. The zero-order chi connectivity index (χ0) is 21.5. The van der Waals surface area contributed by atoms with Crippen molar-refractivity contribution >= 4 is 28.8 Å². The van der Waals surface area contributed by atoms with Gasteiger partial charge < -0.3 is 10.1 Å². The molecule has 0 aliphatic rings. The van der Waals surface area contributed by atoms with Crippen LogP contribution in [0.4, 0.5) is 11.5 Å². The Morgan fingerprint density at radius 1 is 1.07 bits per heavy atom. The van der Waals surface area contributed by atoms with Crippen molar-refractivity contribution in [1.29, 1.82) is 0 Å². The van der Waals surface area contributed by atoms with Crippen molar-refractivity contribution < 1.29 is 9.53 Å². The van der Waals surface area contributed by atoms with E-state index in [1.807, 2.05) is 38.1 Å². The van der Waals surface area contributed by atoms with Crippen LogP contribution in [0.2, 0.25) is 0 Å². The average molecular weight is 424 g/mol. The van der Waals surface area contributed by atoms with Crippen LogP contribution in [0.15, 0.2) is 36.4 Å². The molecule has 5 nitrogen and oxygen atoms in total. The quantitative estimate of drug-likeness (QED) is 0.436. The summed E-state index contributed by atoms with van der Waals surface area (Å²) in [4.78, 5) is 23.7. The number of aromatic nitrogens is 2. The van der Waals surface area contributed by atoms with Gasteiger partial charge >= 0.3 is 5.97 Å². The Bertz CT molecular complexity index is 996. The van der Waals surface area contributed by atoms with E-state index < -0.39 is 0 Å². The van der Waals surface area contributed by atoms with Gasteiger partial charge in [-0.2, -0.15) is 0 Å². The van der Waals surface area contributed by atoms with Crippen LogP contribution in [0.5, 0.6) is 0 Å². The molecule has 0 saturated carbocycles. The maximum Gasteiger partial charge on any atom is 0.310 e. The topological polar surface area (TPSA) is 64.1 Å². The van der Waals surface area contributed by atoms with Crippen LogP contribution in [0.1, 0.15) is 48.9 Å². The number of carbonyl (C=O) groups is 1. The van der Waals surface area contributed by atoms with Crippen LogP contribution in [-0.4, -0.2) is 22.5 Å². The van der Waals surface area contributed by atoms with Crippen LogP contribution in [-0.2, 0) is 28.8 Å². The molecule has 1 aromatic carbocycles. The Kier molecular flexibility index (Phi) is 7.57. The van der Waals surface area contributed by atoms with E-state index in [0.717, 1.165) is 58.3 Å². The lowest BCUT2D eigenvalue weighted by molar-refractivity contribution is -0.142. The number of esters is 1. The minimum atomic E-state index is -0.207. The maximum absolute atomic E-state index is 11.7. The lowest BCUT2D eigenvalue weighted by atomic mass is 10.1. The number of benzene rings is 1. The highest BCUT2D eigenvalue weighted by atomic mass is 32.1. The van der Waals surface area contributed by atoms with E-state index >= 15 is 0 Å². The van der Waals surface area contributed by atoms with Crippen LogP contribution in [0.3, 0.4) is 0 Å². The molecule has 0 fully saturated rings. The van der Waals surface area contributed by atoms with Gasteiger partial charge in [-0.25, -0.2) is 9.97 Å². The molecular weight excluding hydrogens is 394 g/mol. The van der Waals surface area contributed by atoms with Crippen LogP contribution in [0, 0.1) is 6.92 Å². The highest BCUT2D eigenvalue weighted by Gasteiger charge is 2.14. The molecule has 0 amide bonds. The third-order valence-electron chi connectivity index (χ3n) is 4.82. The molecule has 0 radical (unpaired) electrons. The first-order chi connectivity index (χ1) is 14.5. The Balaban J connectivity index is 1.83. The molecule has 0 saturated heterocycles. The monoisotopic (exact) mass is 423 g/mol. The lowest BCUT2D eigenvalue weighted by Gasteiger charge is -2.14. The summed E-state index contributed by atoms with van der Waals surface area (Å²) in [6, 6.07) is 12.1. The van der Waals surface area contributed by atoms with Crippen molar-refractivity contribution in [2.75, 3.05) is 11.9 Å². The molecule has 1 N–H and O–H groups in total. The van der Waals surface area contributed by atoms with Crippen molar-refractivity contribution in [1.82, 2.24) is 9.97 Å². The fourth-order valence-corrected chi connectivity index (χ4v) is 4.38. The Morgan fingerprint density at radius 2 is 1.83 bits per heavy atom. The summed E-state index contributed by atoms with van der Waals surface area (Å²) in [5, 5.41) is 3.45. The number of thiophene rings is 1. The van der Waals surface area contributed by atoms with Gasteiger partial charge in [0.2, 0.25) is 0 Å². The second-order valence-electron chi connectivity index (χ2n) is 7.13. The zero-order valence-corrected chi connectivity index (χ0v) is 18.9. The van der Waals surface area contributed by atoms with E-state index in [0.29, 0.717) is 6.61 Å². The molecular formula is C24H29N3O2S. The fourth-order valence-electron chi connectivity index (χ4n) is 3.33. The molecule has 2 aromatic heterocycles. The van der Waals surface area contributed by atoms with Gasteiger partial charge in [-0.15, -0.1) is 11.3 Å². The van der Waals surface area contributed by atoms with E-state index in [1.54, 1.807) is 11.3 Å². The fraction of sp³-hybridized carbons (Fsp3) is 0.375. The minimum Gasteiger partial charge on any atom is -0.466 e. The number of anilines is 2. The first-order valence-electron chi connectivity index (χ1n) is 10.5. The van der Waals surface area contributed by atoms with E-state index in [-0.39, 0.29) is 12.4 Å². The van der Waals surface area contributed by atoms with E-state index in [4.69, 9.17) is 14.7 Å². The zero-order valence-electron chi connectivity index (χ0n) is 18.1. The third kappa shape index (κ3) is 5.45. The van der Waals surface area contributed by atoms with Crippen LogP contribution < -0.4 is 5.32 Å². The molecule has 0 bridgehead atoms. The predicted octanol–water partition coefficient (Wildman–Crippen LogP) is 5.88. The predicted molar refractivity (Wildman–Crippen MR) is 124 cm³/mol. The number of rotatable bonds is 9. The summed E-state index contributed by atoms with van der Waals surface area (Å²) in [6.07, 6.45) is 3.35. The second kappa shape index (κ2) is 10.3. The van der Waals surface area contributed by atoms with Crippen molar-refractivity contribution in [3.63, 3.8) is 0 Å². The first-order valence-corrected chi connectivity index (χ1v) is 11.3. The van der Waals surface area contributed by atoms with E-state index in [1.165, 1.54) is 4.88 Å². The summed E-state index contributed by atoms with van der Waals surface area (Å²) in [7, 11) is 0. The molecule has 30 heavy (non-hydrogen) atoms. The van der Waals surface area contributed by atoms with E-state index in [2.05, 4.69) is 31.3 Å². The van der Waals surface area contributed by atoms with Crippen molar-refractivity contribution in [3.05, 3.63) is 58.1 Å². The molecule has 2 heterocycles. The highest BCUT2D eigenvalue weighted by Crippen LogP contribution is 2.30. The lowest BCUT2D eigenvalue weighted by Crippen LogP contribution is -2.07. The van der Waals surface area contributed by atoms with Crippen molar-refractivity contribution in [2.24, 2.45) is 0 Å². The summed E-state index contributed by atoms with van der Waals surface area (Å²) in [5.74, 6) is 1.39. The summed E-state index contributed by atoms with van der Waals surface area (Å²) in [6.45, 7) is 8.56. The van der Waals surface area contributed by atoms with Gasteiger partial charge in [0, 0.05) is 21.8 Å². The summed E-state index contributed by atoms with van der Waals surface area (Å²) >= 11 is 1.76. The molecule has 0 unspecified atom stereocenters. The number of hydrogen-bond acceptors (Lipinski definition) is 6. The molecule has 0 atom stereocenters. The number of nitrogens with one attached hydrogen (secondary N) is 1. The van der Waals surface area contributed by atoms with Crippen LogP contribution in [0.25, 0.3) is 10.7 Å². The number of hydrogen-bond donors (Lipinski definition) is 1. The van der Waals surface area contributed by atoms with Gasteiger partial charge in [0.05, 0.1) is 17.9 Å². The molecule has 0 spiro atoms. The van der Waals surface area contributed by atoms with Gasteiger partial charge in [-0.1, -0.05) is 32.4 Å². The third-order valence-corrected chi connectivity index (χ3v) is 5.96. The average Bonchev–Trinajstić information content (AvgIpc) is 3.18. The number of ether oxygens (including phenoxy) is 1. The smallest absolute Gasteiger partial charge is 0.310 e. The second-order valence-corrected chi connectivity index (χ2v) is 8.30. The largest absolute Gasteiger partial charge is 0.466 e. The summed E-state index contributed by atoms with van der Waals surface area (Å²) < 4.78 is 5.02. The normalized spacial score (nSPS) is 10.8. The van der Waals surface area contributed by atoms with Gasteiger partial charge in [0.15, 0.2) is 5.82 Å².